The van der Waals surface area contributed by atoms with E-state index in [9.17, 15) is 18.3 Å². The van der Waals surface area contributed by atoms with Gasteiger partial charge in [0.15, 0.2) is 0 Å². The molecule has 0 aliphatic carbocycles. The van der Waals surface area contributed by atoms with Crippen molar-refractivity contribution < 1.29 is 27.8 Å². The van der Waals surface area contributed by atoms with E-state index >= 15 is 0 Å². The monoisotopic (exact) mass is 474 g/mol. The first-order chi connectivity index (χ1) is 15.8. The fourth-order valence-corrected chi connectivity index (χ4v) is 6.15. The zero-order valence-corrected chi connectivity index (χ0v) is 19.8. The zero-order valence-electron chi connectivity index (χ0n) is 19.0. The molecule has 4 rings (SSSR count). The molecule has 0 spiro atoms. The minimum absolute atomic E-state index is 0.0717. The van der Waals surface area contributed by atoms with Gasteiger partial charge in [0.2, 0.25) is 0 Å². The summed E-state index contributed by atoms with van der Waals surface area (Å²) in [6.07, 6.45) is 5.55. The number of aromatic carboxylic acids is 1. The van der Waals surface area contributed by atoms with Crippen LogP contribution in [0.15, 0.2) is 35.4 Å². The molecule has 178 valence electrons. The molecule has 2 aromatic rings. The van der Waals surface area contributed by atoms with E-state index in [0.29, 0.717) is 31.9 Å². The van der Waals surface area contributed by atoms with Crippen LogP contribution in [0.5, 0.6) is 5.75 Å². The van der Waals surface area contributed by atoms with E-state index in [1.54, 1.807) is 6.20 Å². The fourth-order valence-electron chi connectivity index (χ4n) is 4.41. The quantitative estimate of drug-likeness (QED) is 0.652. The van der Waals surface area contributed by atoms with Crippen LogP contribution in [0.1, 0.15) is 54.7 Å². The molecule has 1 aromatic carbocycles. The van der Waals surface area contributed by atoms with Crippen LogP contribution in [-0.2, 0) is 27.6 Å². The Morgan fingerprint density at radius 3 is 2.70 bits per heavy atom. The van der Waals surface area contributed by atoms with Crippen LogP contribution in [0, 0.1) is 5.92 Å². The molecule has 1 atom stereocenters. The Morgan fingerprint density at radius 1 is 1.24 bits per heavy atom. The number of carboxylic acid groups (broad SMARTS) is 1. The number of carbonyl (C=O) groups is 1. The van der Waals surface area contributed by atoms with Gasteiger partial charge in [0.1, 0.15) is 11.3 Å². The lowest BCUT2D eigenvalue weighted by Gasteiger charge is -2.36. The fraction of sp³-hybridized carbons (Fsp3) is 0.500. The predicted octanol–water partition coefficient (Wildman–Crippen LogP) is 3.68. The standard InChI is InChI=1S/C24H30N2O6S/c1-3-19-12-18-5-4-16(2)26(22(18)14-25-19)33(29,30)20-6-7-23(21(13-20)24(27)28)32-15-17-8-10-31-11-9-17/h6-7,12-14,16-17H,3-5,8-11,15H2,1-2H3,(H,27,28)/t16-/m0/s1. The molecular weight excluding hydrogens is 444 g/mol. The van der Waals surface area contributed by atoms with Crippen LogP contribution in [0.2, 0.25) is 0 Å². The zero-order chi connectivity index (χ0) is 23.6. The molecule has 8 nitrogen and oxygen atoms in total. The van der Waals surface area contributed by atoms with Crippen LogP contribution in [0.3, 0.4) is 0 Å². The Morgan fingerprint density at radius 2 is 2.00 bits per heavy atom. The smallest absolute Gasteiger partial charge is 0.339 e. The van der Waals surface area contributed by atoms with Crippen molar-refractivity contribution in [3.8, 4) is 5.75 Å². The molecule has 1 fully saturated rings. The number of aryl methyl sites for hydroxylation is 2. The van der Waals surface area contributed by atoms with E-state index in [2.05, 4.69) is 4.98 Å². The van der Waals surface area contributed by atoms with Gasteiger partial charge < -0.3 is 14.6 Å². The maximum Gasteiger partial charge on any atom is 0.339 e. The first kappa shape index (κ1) is 23.5. The van der Waals surface area contributed by atoms with E-state index in [1.165, 1.54) is 22.5 Å². The van der Waals surface area contributed by atoms with Crippen molar-refractivity contribution >= 4 is 21.7 Å². The number of hydrogen-bond donors (Lipinski definition) is 1. The van der Waals surface area contributed by atoms with Gasteiger partial charge in [-0.1, -0.05) is 6.92 Å². The minimum atomic E-state index is -3.99. The second-order valence-electron chi connectivity index (χ2n) is 8.68. The maximum absolute atomic E-state index is 13.7. The second kappa shape index (κ2) is 9.69. The number of ether oxygens (including phenoxy) is 2. The van der Waals surface area contributed by atoms with E-state index in [4.69, 9.17) is 9.47 Å². The average Bonchev–Trinajstić information content (AvgIpc) is 2.82. The summed E-state index contributed by atoms with van der Waals surface area (Å²) >= 11 is 0. The average molecular weight is 475 g/mol. The Labute approximate surface area is 194 Å². The molecule has 0 saturated carbocycles. The summed E-state index contributed by atoms with van der Waals surface area (Å²) in [6, 6.07) is 5.76. The summed E-state index contributed by atoms with van der Waals surface area (Å²) in [7, 11) is -3.99. The van der Waals surface area contributed by atoms with Gasteiger partial charge in [-0.05, 0) is 74.8 Å². The number of rotatable bonds is 7. The Kier molecular flexibility index (Phi) is 6.90. The van der Waals surface area contributed by atoms with Gasteiger partial charge in [-0.3, -0.25) is 9.29 Å². The number of carboxylic acids is 1. The summed E-state index contributed by atoms with van der Waals surface area (Å²) in [5.74, 6) is -0.764. The molecular formula is C24H30N2O6S. The molecule has 2 aliphatic rings. The van der Waals surface area contributed by atoms with Gasteiger partial charge in [-0.2, -0.15) is 0 Å². The molecule has 33 heavy (non-hydrogen) atoms. The number of fused-ring (bicyclic) bond motifs is 1. The molecule has 0 bridgehead atoms. The van der Waals surface area contributed by atoms with Gasteiger partial charge in [0.25, 0.3) is 10.0 Å². The highest BCUT2D eigenvalue weighted by Gasteiger charge is 2.35. The summed E-state index contributed by atoms with van der Waals surface area (Å²) in [5.41, 5.74) is 2.26. The molecule has 0 radical (unpaired) electrons. The highest BCUT2D eigenvalue weighted by atomic mass is 32.2. The number of anilines is 1. The van der Waals surface area contributed by atoms with Crippen molar-refractivity contribution in [2.75, 3.05) is 24.1 Å². The molecule has 3 heterocycles. The van der Waals surface area contributed by atoms with E-state index < -0.39 is 16.0 Å². The van der Waals surface area contributed by atoms with Gasteiger partial charge in [0, 0.05) is 24.9 Å². The molecule has 1 saturated heterocycles. The van der Waals surface area contributed by atoms with Crippen LogP contribution in [0.25, 0.3) is 0 Å². The van der Waals surface area contributed by atoms with Crippen molar-refractivity contribution in [2.45, 2.75) is 56.9 Å². The summed E-state index contributed by atoms with van der Waals surface area (Å²) in [6.45, 7) is 5.57. The lowest BCUT2D eigenvalue weighted by atomic mass is 9.99. The maximum atomic E-state index is 13.7. The second-order valence-corrected chi connectivity index (χ2v) is 10.5. The number of aromatic nitrogens is 1. The third-order valence-corrected chi connectivity index (χ3v) is 8.33. The molecule has 1 aromatic heterocycles. The summed E-state index contributed by atoms with van der Waals surface area (Å²) in [5, 5.41) is 9.75. The van der Waals surface area contributed by atoms with Crippen molar-refractivity contribution in [1.29, 1.82) is 0 Å². The minimum Gasteiger partial charge on any atom is -0.492 e. The van der Waals surface area contributed by atoms with E-state index in [1.807, 2.05) is 19.9 Å². The highest BCUT2D eigenvalue weighted by Crippen LogP contribution is 2.36. The Bertz CT molecular complexity index is 1130. The number of pyridine rings is 1. The van der Waals surface area contributed by atoms with Gasteiger partial charge in [-0.25, -0.2) is 13.2 Å². The number of benzene rings is 1. The number of hydrogen-bond acceptors (Lipinski definition) is 6. The van der Waals surface area contributed by atoms with Crippen molar-refractivity contribution in [1.82, 2.24) is 4.98 Å². The third kappa shape index (κ3) is 4.84. The first-order valence-corrected chi connectivity index (χ1v) is 12.9. The van der Waals surface area contributed by atoms with Crippen molar-refractivity contribution in [3.05, 3.63) is 47.3 Å². The summed E-state index contributed by atoms with van der Waals surface area (Å²) < 4.78 is 39.8. The van der Waals surface area contributed by atoms with Crippen LogP contribution >= 0.6 is 0 Å². The van der Waals surface area contributed by atoms with E-state index in [-0.39, 0.29) is 28.2 Å². The molecule has 0 unspecified atom stereocenters. The third-order valence-electron chi connectivity index (χ3n) is 6.41. The number of sulfonamides is 1. The molecule has 1 N–H and O–H groups in total. The summed E-state index contributed by atoms with van der Waals surface area (Å²) in [4.78, 5) is 16.3. The van der Waals surface area contributed by atoms with Gasteiger partial charge in [-0.15, -0.1) is 0 Å². The SMILES string of the molecule is CCc1cc2c(cn1)N(S(=O)(=O)c1ccc(OCC3CCOCC3)c(C(=O)O)c1)[C@@H](C)CC2. The van der Waals surface area contributed by atoms with Crippen LogP contribution in [-0.4, -0.2) is 50.3 Å². The molecule has 0 amide bonds. The molecule has 2 aliphatic heterocycles. The highest BCUT2D eigenvalue weighted by molar-refractivity contribution is 7.92. The lowest BCUT2D eigenvalue weighted by Crippen LogP contribution is -2.42. The topological polar surface area (TPSA) is 106 Å². The lowest BCUT2D eigenvalue weighted by molar-refractivity contribution is 0.0490. The normalized spacial score (nSPS) is 19.2. The Hall–Kier alpha value is -2.65. The Balaban J connectivity index is 1.65. The van der Waals surface area contributed by atoms with Crippen molar-refractivity contribution in [3.63, 3.8) is 0 Å². The number of nitrogens with zero attached hydrogens (tertiary/aromatic N) is 2. The first-order valence-electron chi connectivity index (χ1n) is 11.4. The van der Waals surface area contributed by atoms with E-state index in [0.717, 1.165) is 36.9 Å². The van der Waals surface area contributed by atoms with Gasteiger partial charge in [0.05, 0.1) is 23.4 Å². The predicted molar refractivity (Wildman–Crippen MR) is 124 cm³/mol. The van der Waals surface area contributed by atoms with Crippen molar-refractivity contribution in [2.24, 2.45) is 5.92 Å². The largest absolute Gasteiger partial charge is 0.492 e. The van der Waals surface area contributed by atoms with Crippen LogP contribution in [0.4, 0.5) is 5.69 Å². The van der Waals surface area contributed by atoms with Gasteiger partial charge >= 0.3 is 5.97 Å². The van der Waals surface area contributed by atoms with Crippen LogP contribution < -0.4 is 9.04 Å². The molecule has 9 heteroatoms.